The van der Waals surface area contributed by atoms with Crippen molar-refractivity contribution in [3.63, 3.8) is 0 Å². The molecule has 1 aromatic heterocycles. The van der Waals surface area contributed by atoms with Crippen molar-refractivity contribution >= 4 is 23.4 Å². The molecule has 7 heteroatoms. The van der Waals surface area contributed by atoms with Gasteiger partial charge in [0, 0.05) is 50.2 Å². The summed E-state index contributed by atoms with van der Waals surface area (Å²) in [5, 5.41) is 5.29. The highest BCUT2D eigenvalue weighted by molar-refractivity contribution is 6.37. The van der Waals surface area contributed by atoms with Gasteiger partial charge in [-0.3, -0.25) is 24.2 Å². The molecule has 0 bridgehead atoms. The molecule has 1 aliphatic heterocycles. The number of Topliss-reactive ketones (excluding diaryl/α,β-unsaturated/α-hetero) is 2. The van der Waals surface area contributed by atoms with Crippen LogP contribution in [0.2, 0.25) is 0 Å². The highest BCUT2D eigenvalue weighted by Crippen LogP contribution is 2.23. The molecule has 0 radical (unpaired) electrons. The summed E-state index contributed by atoms with van der Waals surface area (Å²) >= 11 is 0. The molecule has 2 amide bonds. The maximum absolute atomic E-state index is 12.6. The van der Waals surface area contributed by atoms with Gasteiger partial charge in [0.1, 0.15) is 5.78 Å². The molecule has 0 aliphatic carbocycles. The van der Waals surface area contributed by atoms with Gasteiger partial charge >= 0.3 is 0 Å². The van der Waals surface area contributed by atoms with Gasteiger partial charge < -0.3 is 10.6 Å². The van der Waals surface area contributed by atoms with E-state index in [1.54, 1.807) is 12.4 Å². The van der Waals surface area contributed by atoms with Crippen LogP contribution in [0.3, 0.4) is 0 Å². The van der Waals surface area contributed by atoms with Crippen LogP contribution in [0.4, 0.5) is 0 Å². The van der Waals surface area contributed by atoms with E-state index in [1.807, 2.05) is 26.0 Å². The third-order valence-corrected chi connectivity index (χ3v) is 4.68. The lowest BCUT2D eigenvalue weighted by molar-refractivity contribution is -0.143. The number of pyridine rings is 1. The van der Waals surface area contributed by atoms with E-state index in [2.05, 4.69) is 15.6 Å². The van der Waals surface area contributed by atoms with Crippen LogP contribution in [0.25, 0.3) is 0 Å². The van der Waals surface area contributed by atoms with Crippen LogP contribution in [0.15, 0.2) is 24.5 Å². The number of rotatable bonds is 8. The molecule has 140 valence electrons. The van der Waals surface area contributed by atoms with Crippen LogP contribution >= 0.6 is 0 Å². The van der Waals surface area contributed by atoms with Crippen molar-refractivity contribution in [1.82, 2.24) is 15.6 Å². The second kappa shape index (κ2) is 9.22. The molecule has 26 heavy (non-hydrogen) atoms. The van der Waals surface area contributed by atoms with Crippen LogP contribution in [-0.4, -0.2) is 34.9 Å². The average Bonchev–Trinajstić information content (AvgIpc) is 2.62. The number of aromatic nitrogens is 1. The van der Waals surface area contributed by atoms with Gasteiger partial charge in [0.25, 0.3) is 5.91 Å². The average molecular weight is 359 g/mol. The van der Waals surface area contributed by atoms with Crippen molar-refractivity contribution in [2.75, 3.05) is 6.54 Å². The molecular formula is C19H25N3O4. The number of nitrogens with zero attached hydrogens (tertiary/aromatic N) is 1. The minimum atomic E-state index is -0.620. The van der Waals surface area contributed by atoms with Crippen molar-refractivity contribution in [3.05, 3.63) is 30.1 Å². The lowest BCUT2D eigenvalue weighted by atomic mass is 9.81. The Morgan fingerprint density at radius 3 is 2.62 bits per heavy atom. The molecule has 0 spiro atoms. The fourth-order valence-electron chi connectivity index (χ4n) is 3.05. The Balaban J connectivity index is 1.90. The Bertz CT molecular complexity index is 673. The highest BCUT2D eigenvalue weighted by atomic mass is 16.2. The first-order chi connectivity index (χ1) is 12.4. The number of nitrogens with one attached hydrogen (secondary N) is 2. The predicted molar refractivity (Wildman–Crippen MR) is 94.8 cm³/mol. The van der Waals surface area contributed by atoms with Gasteiger partial charge in [-0.2, -0.15) is 0 Å². The Morgan fingerprint density at radius 2 is 1.96 bits per heavy atom. The molecule has 2 atom stereocenters. The van der Waals surface area contributed by atoms with Crippen molar-refractivity contribution in [3.8, 4) is 0 Å². The standard InChI is InChI=1S/C19H25N3O4/c1-12(2)15(10-17(24)22-11-13-3-6-20-7-4-13)16(23)9-14-5-8-21-19(26)18(14)25/h3-4,6-7,12,14-15H,5,8-11H2,1-2H3,(H,21,26)(H,22,24). The van der Waals surface area contributed by atoms with Crippen LogP contribution in [0.5, 0.6) is 0 Å². The third-order valence-electron chi connectivity index (χ3n) is 4.68. The van der Waals surface area contributed by atoms with Gasteiger partial charge in [-0.1, -0.05) is 13.8 Å². The third kappa shape index (κ3) is 5.47. The fourth-order valence-corrected chi connectivity index (χ4v) is 3.05. The zero-order chi connectivity index (χ0) is 19.1. The number of piperidine rings is 1. The summed E-state index contributed by atoms with van der Waals surface area (Å²) in [6.07, 6.45) is 3.87. The minimum absolute atomic E-state index is 0.0206. The van der Waals surface area contributed by atoms with E-state index in [9.17, 15) is 19.2 Å². The van der Waals surface area contributed by atoms with E-state index in [1.165, 1.54) is 0 Å². The van der Waals surface area contributed by atoms with Gasteiger partial charge in [-0.15, -0.1) is 0 Å². The van der Waals surface area contributed by atoms with Crippen molar-refractivity contribution in [2.45, 2.75) is 39.7 Å². The Labute approximate surface area is 153 Å². The molecule has 2 heterocycles. The number of amides is 2. The zero-order valence-corrected chi connectivity index (χ0v) is 15.2. The van der Waals surface area contributed by atoms with E-state index in [-0.39, 0.29) is 30.4 Å². The summed E-state index contributed by atoms with van der Waals surface area (Å²) < 4.78 is 0. The topological polar surface area (TPSA) is 105 Å². The maximum Gasteiger partial charge on any atom is 0.287 e. The Hall–Kier alpha value is -2.57. The van der Waals surface area contributed by atoms with E-state index >= 15 is 0 Å². The largest absolute Gasteiger partial charge is 0.352 e. The number of hydrogen-bond acceptors (Lipinski definition) is 5. The van der Waals surface area contributed by atoms with Crippen molar-refractivity contribution in [1.29, 1.82) is 0 Å². The number of hydrogen-bond donors (Lipinski definition) is 2. The second-order valence-corrected chi connectivity index (χ2v) is 6.96. The van der Waals surface area contributed by atoms with Crippen LogP contribution in [0, 0.1) is 17.8 Å². The predicted octanol–water partition coefficient (Wildman–Crippen LogP) is 1.02. The molecule has 1 aliphatic rings. The van der Waals surface area contributed by atoms with Crippen molar-refractivity contribution in [2.24, 2.45) is 17.8 Å². The molecule has 0 saturated carbocycles. The Kier molecular flexibility index (Phi) is 7.00. The molecule has 7 nitrogen and oxygen atoms in total. The van der Waals surface area contributed by atoms with E-state index in [0.717, 1.165) is 5.56 Å². The zero-order valence-electron chi connectivity index (χ0n) is 15.2. The highest BCUT2D eigenvalue weighted by Gasteiger charge is 2.34. The summed E-state index contributed by atoms with van der Waals surface area (Å²) in [7, 11) is 0. The van der Waals surface area contributed by atoms with Gasteiger partial charge in [0.2, 0.25) is 11.7 Å². The first-order valence-corrected chi connectivity index (χ1v) is 8.88. The molecular weight excluding hydrogens is 334 g/mol. The quantitative estimate of drug-likeness (QED) is 0.674. The molecule has 2 N–H and O–H groups in total. The van der Waals surface area contributed by atoms with Crippen LogP contribution in [-0.2, 0) is 25.7 Å². The van der Waals surface area contributed by atoms with Gasteiger partial charge in [-0.05, 0) is 30.0 Å². The van der Waals surface area contributed by atoms with Crippen LogP contribution < -0.4 is 10.6 Å². The number of carbonyl (C=O) groups excluding carboxylic acids is 4. The number of ketones is 2. The smallest absolute Gasteiger partial charge is 0.287 e. The molecule has 1 aromatic rings. The maximum atomic E-state index is 12.6. The fraction of sp³-hybridized carbons (Fsp3) is 0.526. The van der Waals surface area contributed by atoms with E-state index in [0.29, 0.717) is 19.5 Å². The monoisotopic (exact) mass is 359 g/mol. The van der Waals surface area contributed by atoms with E-state index < -0.39 is 23.5 Å². The molecule has 1 fully saturated rings. The normalized spacial score (nSPS) is 18.3. The summed E-state index contributed by atoms with van der Waals surface area (Å²) in [5.41, 5.74) is 0.930. The van der Waals surface area contributed by atoms with Gasteiger partial charge in [0.15, 0.2) is 0 Å². The molecule has 2 unspecified atom stereocenters. The lowest BCUT2D eigenvalue weighted by Gasteiger charge is -2.24. The first-order valence-electron chi connectivity index (χ1n) is 8.88. The van der Waals surface area contributed by atoms with E-state index in [4.69, 9.17) is 0 Å². The van der Waals surface area contributed by atoms with Crippen LogP contribution in [0.1, 0.15) is 38.7 Å². The molecule has 0 aromatic carbocycles. The van der Waals surface area contributed by atoms with Gasteiger partial charge in [0.05, 0.1) is 0 Å². The van der Waals surface area contributed by atoms with Crippen molar-refractivity contribution < 1.29 is 19.2 Å². The minimum Gasteiger partial charge on any atom is -0.352 e. The SMILES string of the molecule is CC(C)C(CC(=O)NCc1ccncc1)C(=O)CC1CCNC(=O)C1=O. The molecule has 2 rings (SSSR count). The molecule has 1 saturated heterocycles. The Morgan fingerprint density at radius 1 is 1.27 bits per heavy atom. The summed E-state index contributed by atoms with van der Waals surface area (Å²) in [6.45, 7) is 4.55. The van der Waals surface area contributed by atoms with Gasteiger partial charge in [-0.25, -0.2) is 0 Å². The first kappa shape index (κ1) is 19.8. The lowest BCUT2D eigenvalue weighted by Crippen LogP contribution is -2.44. The summed E-state index contributed by atoms with van der Waals surface area (Å²) in [4.78, 5) is 52.1. The second-order valence-electron chi connectivity index (χ2n) is 6.96. The summed E-state index contributed by atoms with van der Waals surface area (Å²) in [5.74, 6) is -2.56. The summed E-state index contributed by atoms with van der Waals surface area (Å²) in [6, 6.07) is 3.62. The number of carbonyl (C=O) groups is 4.